The second kappa shape index (κ2) is 5.84. The molecule has 0 saturated carbocycles. The van der Waals surface area contributed by atoms with Crippen LogP contribution in [0, 0.1) is 6.92 Å². The SMILES string of the molecule is C/C(=N/NC(=O)c1ccoc1C)c1ccccc1Br. The molecule has 4 nitrogen and oxygen atoms in total. The third kappa shape index (κ3) is 3.12. The van der Waals surface area contributed by atoms with E-state index in [4.69, 9.17) is 4.42 Å². The Morgan fingerprint density at radius 2 is 2.00 bits per heavy atom. The number of rotatable bonds is 3. The van der Waals surface area contributed by atoms with Crippen LogP contribution in [0.5, 0.6) is 0 Å². The van der Waals surface area contributed by atoms with E-state index >= 15 is 0 Å². The van der Waals surface area contributed by atoms with Crippen LogP contribution in [0.15, 0.2) is 50.6 Å². The highest BCUT2D eigenvalue weighted by Gasteiger charge is 2.10. The van der Waals surface area contributed by atoms with E-state index in [9.17, 15) is 4.79 Å². The van der Waals surface area contributed by atoms with Gasteiger partial charge in [-0.05, 0) is 26.0 Å². The molecule has 0 aliphatic carbocycles. The van der Waals surface area contributed by atoms with Crippen LogP contribution in [0.3, 0.4) is 0 Å². The topological polar surface area (TPSA) is 54.6 Å². The normalized spacial score (nSPS) is 11.4. The fourth-order valence-electron chi connectivity index (χ4n) is 1.63. The number of amides is 1. The zero-order chi connectivity index (χ0) is 13.8. The molecule has 1 aromatic carbocycles. The second-order valence-electron chi connectivity index (χ2n) is 4.01. The Morgan fingerprint density at radius 1 is 1.26 bits per heavy atom. The monoisotopic (exact) mass is 320 g/mol. The van der Waals surface area contributed by atoms with Gasteiger partial charge in [-0.1, -0.05) is 34.1 Å². The van der Waals surface area contributed by atoms with Crippen LogP contribution < -0.4 is 5.43 Å². The molecule has 1 N–H and O–H groups in total. The fraction of sp³-hybridized carbons (Fsp3) is 0.143. The minimum Gasteiger partial charge on any atom is -0.469 e. The average Bonchev–Trinajstić information content (AvgIpc) is 2.82. The predicted octanol–water partition coefficient (Wildman–Crippen LogP) is 3.50. The Balaban J connectivity index is 2.13. The lowest BCUT2D eigenvalue weighted by Crippen LogP contribution is -2.19. The largest absolute Gasteiger partial charge is 0.469 e. The van der Waals surface area contributed by atoms with Crippen LogP contribution in [-0.2, 0) is 0 Å². The molecule has 2 aromatic rings. The summed E-state index contributed by atoms with van der Waals surface area (Å²) in [6, 6.07) is 9.32. The molecule has 2 rings (SSSR count). The van der Waals surface area contributed by atoms with Gasteiger partial charge in [0.25, 0.3) is 5.91 Å². The van der Waals surface area contributed by atoms with Gasteiger partial charge >= 0.3 is 0 Å². The highest BCUT2D eigenvalue weighted by atomic mass is 79.9. The van der Waals surface area contributed by atoms with Crippen LogP contribution in [-0.4, -0.2) is 11.6 Å². The van der Waals surface area contributed by atoms with Crippen LogP contribution in [0.25, 0.3) is 0 Å². The Kier molecular flexibility index (Phi) is 4.16. The van der Waals surface area contributed by atoms with E-state index in [1.165, 1.54) is 6.26 Å². The molecule has 0 atom stereocenters. The summed E-state index contributed by atoms with van der Waals surface area (Å²) >= 11 is 3.45. The molecular formula is C14H13BrN2O2. The summed E-state index contributed by atoms with van der Waals surface area (Å²) in [5, 5.41) is 4.10. The molecule has 0 spiro atoms. The lowest BCUT2D eigenvalue weighted by Gasteiger charge is -2.04. The Morgan fingerprint density at radius 3 is 2.63 bits per heavy atom. The number of aryl methyl sites for hydroxylation is 1. The number of carbonyl (C=O) groups excluding carboxylic acids is 1. The van der Waals surface area contributed by atoms with Gasteiger partial charge in [-0.3, -0.25) is 4.79 Å². The summed E-state index contributed by atoms with van der Waals surface area (Å²) in [5.41, 5.74) is 4.67. The first-order valence-corrected chi connectivity index (χ1v) is 6.52. The van der Waals surface area contributed by atoms with Gasteiger partial charge in [0.15, 0.2) is 0 Å². The number of benzene rings is 1. The predicted molar refractivity (Wildman–Crippen MR) is 77.3 cm³/mol. The smallest absolute Gasteiger partial charge is 0.274 e. The number of furan rings is 1. The van der Waals surface area contributed by atoms with E-state index in [-0.39, 0.29) is 5.91 Å². The van der Waals surface area contributed by atoms with Gasteiger partial charge in [-0.2, -0.15) is 5.10 Å². The quantitative estimate of drug-likeness (QED) is 0.695. The maximum atomic E-state index is 11.9. The van der Waals surface area contributed by atoms with Crippen molar-refractivity contribution < 1.29 is 9.21 Å². The van der Waals surface area contributed by atoms with E-state index in [1.807, 2.05) is 31.2 Å². The van der Waals surface area contributed by atoms with Gasteiger partial charge in [0.1, 0.15) is 5.76 Å². The van der Waals surface area contributed by atoms with Gasteiger partial charge in [0.2, 0.25) is 0 Å². The van der Waals surface area contributed by atoms with E-state index in [2.05, 4.69) is 26.5 Å². The molecule has 0 saturated heterocycles. The number of hydrogen-bond donors (Lipinski definition) is 1. The molecule has 0 unspecified atom stereocenters. The number of hydrogen-bond acceptors (Lipinski definition) is 3. The lowest BCUT2D eigenvalue weighted by atomic mass is 10.1. The average molecular weight is 321 g/mol. The van der Waals surface area contributed by atoms with Gasteiger partial charge in [0, 0.05) is 10.0 Å². The zero-order valence-corrected chi connectivity index (χ0v) is 12.2. The number of hydrazone groups is 1. The van der Waals surface area contributed by atoms with E-state index in [0.717, 1.165) is 15.7 Å². The maximum absolute atomic E-state index is 11.9. The summed E-state index contributed by atoms with van der Waals surface area (Å²) in [4.78, 5) is 11.9. The molecular weight excluding hydrogens is 308 g/mol. The summed E-state index contributed by atoms with van der Waals surface area (Å²) < 4.78 is 6.01. The van der Waals surface area contributed by atoms with Crippen molar-refractivity contribution in [3.8, 4) is 0 Å². The van der Waals surface area contributed by atoms with Crippen molar-refractivity contribution in [3.05, 3.63) is 58.0 Å². The number of carbonyl (C=O) groups is 1. The molecule has 0 aliphatic rings. The van der Waals surface area contributed by atoms with Crippen LogP contribution in [0.1, 0.15) is 28.6 Å². The standard InChI is InChI=1S/C14H13BrN2O2/c1-9(11-5-3-4-6-13(11)15)16-17-14(18)12-7-8-19-10(12)2/h3-8H,1-2H3,(H,17,18)/b16-9-. The Labute approximate surface area is 119 Å². The fourth-order valence-corrected chi connectivity index (χ4v) is 2.20. The molecule has 0 radical (unpaired) electrons. The minimum atomic E-state index is -0.280. The summed E-state index contributed by atoms with van der Waals surface area (Å²) in [6.45, 7) is 3.57. The molecule has 0 fully saturated rings. The minimum absolute atomic E-state index is 0.280. The van der Waals surface area contributed by atoms with Crippen molar-refractivity contribution in [1.82, 2.24) is 5.43 Å². The Hall–Kier alpha value is -1.88. The highest BCUT2D eigenvalue weighted by Crippen LogP contribution is 2.16. The molecule has 1 amide bonds. The van der Waals surface area contributed by atoms with E-state index < -0.39 is 0 Å². The third-order valence-electron chi connectivity index (χ3n) is 2.69. The van der Waals surface area contributed by atoms with Crippen LogP contribution in [0.2, 0.25) is 0 Å². The molecule has 19 heavy (non-hydrogen) atoms. The molecule has 0 bridgehead atoms. The molecule has 0 aliphatic heterocycles. The van der Waals surface area contributed by atoms with Crippen molar-refractivity contribution in [2.24, 2.45) is 5.10 Å². The van der Waals surface area contributed by atoms with Crippen molar-refractivity contribution in [3.63, 3.8) is 0 Å². The van der Waals surface area contributed by atoms with E-state index in [0.29, 0.717) is 11.3 Å². The summed E-state index contributed by atoms with van der Waals surface area (Å²) in [7, 11) is 0. The summed E-state index contributed by atoms with van der Waals surface area (Å²) in [6.07, 6.45) is 1.48. The lowest BCUT2D eigenvalue weighted by molar-refractivity contribution is 0.0953. The molecule has 5 heteroatoms. The first kappa shape index (κ1) is 13.5. The molecule has 1 heterocycles. The van der Waals surface area contributed by atoms with Crippen molar-refractivity contribution in [2.75, 3.05) is 0 Å². The van der Waals surface area contributed by atoms with E-state index in [1.54, 1.807) is 13.0 Å². The maximum Gasteiger partial charge on any atom is 0.274 e. The molecule has 98 valence electrons. The first-order chi connectivity index (χ1) is 9.09. The van der Waals surface area contributed by atoms with Gasteiger partial charge < -0.3 is 4.42 Å². The van der Waals surface area contributed by atoms with Gasteiger partial charge in [-0.25, -0.2) is 5.43 Å². The highest BCUT2D eigenvalue weighted by molar-refractivity contribution is 9.10. The van der Waals surface area contributed by atoms with Crippen molar-refractivity contribution in [1.29, 1.82) is 0 Å². The zero-order valence-electron chi connectivity index (χ0n) is 10.6. The van der Waals surface area contributed by atoms with Crippen molar-refractivity contribution >= 4 is 27.5 Å². The second-order valence-corrected chi connectivity index (χ2v) is 4.86. The molecule has 1 aromatic heterocycles. The summed E-state index contributed by atoms with van der Waals surface area (Å²) in [5.74, 6) is 0.295. The van der Waals surface area contributed by atoms with Crippen molar-refractivity contribution in [2.45, 2.75) is 13.8 Å². The van der Waals surface area contributed by atoms with Crippen LogP contribution >= 0.6 is 15.9 Å². The third-order valence-corrected chi connectivity index (χ3v) is 3.38. The first-order valence-electron chi connectivity index (χ1n) is 5.73. The van der Waals surface area contributed by atoms with Crippen LogP contribution in [0.4, 0.5) is 0 Å². The van der Waals surface area contributed by atoms with Gasteiger partial charge in [-0.15, -0.1) is 0 Å². The van der Waals surface area contributed by atoms with Gasteiger partial charge in [0.05, 0.1) is 17.5 Å². The Bertz CT molecular complexity index is 632. The number of nitrogens with one attached hydrogen (secondary N) is 1. The number of nitrogens with zero attached hydrogens (tertiary/aromatic N) is 1. The number of halogens is 1.